The first kappa shape index (κ1) is 17.5. The first-order chi connectivity index (χ1) is 9.90. The van der Waals surface area contributed by atoms with Crippen LogP contribution in [0.3, 0.4) is 0 Å². The SMILES string of the molecule is CCCCNC(=O)CNS(=O)(=O)c1ccc(OC)cc1C. The maximum Gasteiger partial charge on any atom is 0.241 e. The standard InChI is InChI=1S/C14H22N2O4S/c1-4-5-8-15-14(17)10-16-21(18,19)13-7-6-12(20-3)9-11(13)2/h6-7,9,16H,4-5,8,10H2,1-3H3,(H,15,17). The van der Waals surface area contributed by atoms with E-state index in [0.717, 1.165) is 12.8 Å². The molecular weight excluding hydrogens is 292 g/mol. The Kier molecular flexibility index (Phi) is 6.64. The van der Waals surface area contributed by atoms with Crippen LogP contribution in [0.25, 0.3) is 0 Å². The summed E-state index contributed by atoms with van der Waals surface area (Å²) in [6.07, 6.45) is 1.84. The highest BCUT2D eigenvalue weighted by Crippen LogP contribution is 2.20. The van der Waals surface area contributed by atoms with Crippen molar-refractivity contribution in [2.24, 2.45) is 0 Å². The zero-order valence-electron chi connectivity index (χ0n) is 12.6. The van der Waals surface area contributed by atoms with Crippen molar-refractivity contribution >= 4 is 15.9 Å². The van der Waals surface area contributed by atoms with Gasteiger partial charge in [0.25, 0.3) is 0 Å². The largest absolute Gasteiger partial charge is 0.497 e. The van der Waals surface area contributed by atoms with Crippen LogP contribution in [0.15, 0.2) is 23.1 Å². The summed E-state index contributed by atoms with van der Waals surface area (Å²) in [6.45, 7) is 3.98. The summed E-state index contributed by atoms with van der Waals surface area (Å²) in [5.41, 5.74) is 0.563. The molecule has 1 amide bonds. The molecule has 1 aromatic rings. The number of carbonyl (C=O) groups is 1. The van der Waals surface area contributed by atoms with E-state index in [1.54, 1.807) is 19.1 Å². The zero-order chi connectivity index (χ0) is 15.9. The third kappa shape index (κ3) is 5.35. The van der Waals surface area contributed by atoms with E-state index in [2.05, 4.69) is 10.0 Å². The molecule has 0 atom stereocenters. The summed E-state index contributed by atoms with van der Waals surface area (Å²) in [5.74, 6) is 0.252. The van der Waals surface area contributed by atoms with Gasteiger partial charge in [0.05, 0.1) is 18.6 Å². The van der Waals surface area contributed by atoms with Crippen molar-refractivity contribution in [3.63, 3.8) is 0 Å². The predicted molar refractivity (Wildman–Crippen MR) is 80.8 cm³/mol. The fourth-order valence-electron chi connectivity index (χ4n) is 1.76. The van der Waals surface area contributed by atoms with Crippen LogP contribution in [0.2, 0.25) is 0 Å². The number of carbonyl (C=O) groups excluding carboxylic acids is 1. The maximum absolute atomic E-state index is 12.2. The van der Waals surface area contributed by atoms with Crippen LogP contribution < -0.4 is 14.8 Å². The number of nitrogens with one attached hydrogen (secondary N) is 2. The second kappa shape index (κ2) is 7.99. The lowest BCUT2D eigenvalue weighted by Gasteiger charge is -2.10. The number of ether oxygens (including phenoxy) is 1. The first-order valence-electron chi connectivity index (χ1n) is 6.81. The average molecular weight is 314 g/mol. The number of benzene rings is 1. The highest BCUT2D eigenvalue weighted by molar-refractivity contribution is 7.89. The van der Waals surface area contributed by atoms with E-state index in [1.807, 2.05) is 6.92 Å². The van der Waals surface area contributed by atoms with Crippen molar-refractivity contribution in [2.75, 3.05) is 20.2 Å². The van der Waals surface area contributed by atoms with Crippen LogP contribution >= 0.6 is 0 Å². The molecule has 0 aliphatic heterocycles. The molecule has 0 aliphatic rings. The van der Waals surface area contributed by atoms with Crippen LogP contribution in [-0.4, -0.2) is 34.5 Å². The normalized spacial score (nSPS) is 11.2. The molecule has 21 heavy (non-hydrogen) atoms. The first-order valence-corrected chi connectivity index (χ1v) is 8.30. The van der Waals surface area contributed by atoms with Gasteiger partial charge in [0.2, 0.25) is 15.9 Å². The number of unbranched alkanes of at least 4 members (excludes halogenated alkanes) is 1. The summed E-state index contributed by atoms with van der Waals surface area (Å²) in [5, 5.41) is 2.65. The van der Waals surface area contributed by atoms with Crippen LogP contribution in [0, 0.1) is 6.92 Å². The van der Waals surface area contributed by atoms with Gasteiger partial charge in [-0.05, 0) is 37.1 Å². The monoisotopic (exact) mass is 314 g/mol. The number of hydrogen-bond acceptors (Lipinski definition) is 4. The van der Waals surface area contributed by atoms with Gasteiger partial charge in [-0.25, -0.2) is 13.1 Å². The average Bonchev–Trinajstić information content (AvgIpc) is 2.45. The van der Waals surface area contributed by atoms with E-state index in [-0.39, 0.29) is 17.3 Å². The number of aryl methyl sites for hydroxylation is 1. The molecular formula is C14H22N2O4S. The van der Waals surface area contributed by atoms with Gasteiger partial charge in [-0.3, -0.25) is 4.79 Å². The molecule has 0 fully saturated rings. The fraction of sp³-hybridized carbons (Fsp3) is 0.500. The van der Waals surface area contributed by atoms with Crippen molar-refractivity contribution < 1.29 is 17.9 Å². The molecule has 6 nitrogen and oxygen atoms in total. The predicted octanol–water partition coefficient (Wildman–Crippen LogP) is 1.20. The van der Waals surface area contributed by atoms with Crippen molar-refractivity contribution in [1.29, 1.82) is 0 Å². The third-order valence-corrected chi connectivity index (χ3v) is 4.51. The molecule has 0 saturated heterocycles. The second-order valence-corrected chi connectivity index (χ2v) is 6.39. The summed E-state index contributed by atoms with van der Waals surface area (Å²) >= 11 is 0. The van der Waals surface area contributed by atoms with Crippen molar-refractivity contribution in [2.45, 2.75) is 31.6 Å². The van der Waals surface area contributed by atoms with Gasteiger partial charge >= 0.3 is 0 Å². The Labute approximate surface area is 125 Å². The lowest BCUT2D eigenvalue weighted by molar-refractivity contribution is -0.119. The highest BCUT2D eigenvalue weighted by atomic mass is 32.2. The van der Waals surface area contributed by atoms with Gasteiger partial charge in [0.15, 0.2) is 0 Å². The Morgan fingerprint density at radius 2 is 2.05 bits per heavy atom. The van der Waals surface area contributed by atoms with Gasteiger partial charge in [0, 0.05) is 6.54 Å². The van der Waals surface area contributed by atoms with Crippen LogP contribution in [0.4, 0.5) is 0 Å². The van der Waals surface area contributed by atoms with Gasteiger partial charge in [-0.1, -0.05) is 13.3 Å². The Bertz CT molecular complexity index is 585. The Morgan fingerprint density at radius 3 is 2.62 bits per heavy atom. The van der Waals surface area contributed by atoms with Gasteiger partial charge in [0.1, 0.15) is 5.75 Å². The van der Waals surface area contributed by atoms with E-state index in [9.17, 15) is 13.2 Å². The summed E-state index contributed by atoms with van der Waals surface area (Å²) in [4.78, 5) is 11.7. The van der Waals surface area contributed by atoms with E-state index < -0.39 is 10.0 Å². The Hall–Kier alpha value is -1.60. The van der Waals surface area contributed by atoms with Gasteiger partial charge in [-0.15, -0.1) is 0 Å². The van der Waals surface area contributed by atoms with Crippen LogP contribution in [-0.2, 0) is 14.8 Å². The smallest absolute Gasteiger partial charge is 0.241 e. The molecule has 0 radical (unpaired) electrons. The van der Waals surface area contributed by atoms with Crippen molar-refractivity contribution in [3.8, 4) is 5.75 Å². The minimum atomic E-state index is -3.71. The molecule has 1 rings (SSSR count). The number of hydrogen-bond donors (Lipinski definition) is 2. The Morgan fingerprint density at radius 1 is 1.33 bits per heavy atom. The molecule has 0 spiro atoms. The molecule has 0 bridgehead atoms. The van der Waals surface area contributed by atoms with Gasteiger partial charge in [-0.2, -0.15) is 0 Å². The minimum absolute atomic E-state index is 0.143. The van der Waals surface area contributed by atoms with Gasteiger partial charge < -0.3 is 10.1 Å². The van der Waals surface area contributed by atoms with E-state index in [1.165, 1.54) is 13.2 Å². The molecule has 0 aromatic heterocycles. The van der Waals surface area contributed by atoms with Crippen LogP contribution in [0.1, 0.15) is 25.3 Å². The quantitative estimate of drug-likeness (QED) is 0.706. The number of rotatable bonds is 8. The fourth-order valence-corrected chi connectivity index (χ4v) is 2.96. The third-order valence-electron chi connectivity index (χ3n) is 2.95. The lowest BCUT2D eigenvalue weighted by atomic mass is 10.2. The number of sulfonamides is 1. The van der Waals surface area contributed by atoms with E-state index in [4.69, 9.17) is 4.74 Å². The molecule has 118 valence electrons. The Balaban J connectivity index is 2.67. The number of methoxy groups -OCH3 is 1. The topological polar surface area (TPSA) is 84.5 Å². The molecule has 0 unspecified atom stereocenters. The molecule has 0 heterocycles. The minimum Gasteiger partial charge on any atom is -0.497 e. The number of amides is 1. The highest BCUT2D eigenvalue weighted by Gasteiger charge is 2.18. The van der Waals surface area contributed by atoms with Crippen LogP contribution in [0.5, 0.6) is 5.75 Å². The summed E-state index contributed by atoms with van der Waals surface area (Å²) < 4.78 is 31.6. The molecule has 7 heteroatoms. The molecule has 0 aliphatic carbocycles. The summed E-state index contributed by atoms with van der Waals surface area (Å²) in [6, 6.07) is 4.67. The van der Waals surface area contributed by atoms with Crippen molar-refractivity contribution in [3.05, 3.63) is 23.8 Å². The lowest BCUT2D eigenvalue weighted by Crippen LogP contribution is -2.37. The van der Waals surface area contributed by atoms with Crippen molar-refractivity contribution in [1.82, 2.24) is 10.0 Å². The molecule has 2 N–H and O–H groups in total. The van der Waals surface area contributed by atoms with E-state index in [0.29, 0.717) is 17.9 Å². The zero-order valence-corrected chi connectivity index (χ0v) is 13.4. The molecule has 0 saturated carbocycles. The second-order valence-electron chi connectivity index (χ2n) is 4.66. The maximum atomic E-state index is 12.2. The van der Waals surface area contributed by atoms with E-state index >= 15 is 0 Å². The summed E-state index contributed by atoms with van der Waals surface area (Å²) in [7, 11) is -2.19. The molecule has 1 aromatic carbocycles.